The Morgan fingerprint density at radius 1 is 1.15 bits per heavy atom. The number of nitrogens with two attached hydrogens (primary N) is 1. The third-order valence-corrected chi connectivity index (χ3v) is 4.26. The number of hydrogen-bond donors (Lipinski definition) is 1. The summed E-state index contributed by atoms with van der Waals surface area (Å²) in [7, 11) is 0. The van der Waals surface area contributed by atoms with Gasteiger partial charge in [0.1, 0.15) is 5.75 Å². The molecular formula is C17H28N2O. The molecule has 0 aromatic heterocycles. The Hall–Kier alpha value is -1.06. The zero-order valence-electron chi connectivity index (χ0n) is 13.0. The molecule has 2 rings (SSSR count). The van der Waals surface area contributed by atoms with Gasteiger partial charge in [-0.2, -0.15) is 0 Å². The van der Waals surface area contributed by atoms with Crippen LogP contribution in [0.15, 0.2) is 24.3 Å². The van der Waals surface area contributed by atoms with E-state index in [1.165, 1.54) is 18.4 Å². The minimum atomic E-state index is 0.230. The van der Waals surface area contributed by atoms with Crippen LogP contribution >= 0.6 is 0 Å². The number of piperidine rings is 1. The van der Waals surface area contributed by atoms with E-state index in [4.69, 9.17) is 10.5 Å². The molecule has 1 aliphatic rings. The first kappa shape index (κ1) is 15.3. The third-order valence-electron chi connectivity index (χ3n) is 4.26. The molecule has 1 aromatic carbocycles. The van der Waals surface area contributed by atoms with Gasteiger partial charge in [-0.1, -0.05) is 12.1 Å². The predicted molar refractivity (Wildman–Crippen MR) is 84.0 cm³/mol. The van der Waals surface area contributed by atoms with E-state index in [1.807, 2.05) is 0 Å². The van der Waals surface area contributed by atoms with Crippen molar-refractivity contribution in [1.82, 2.24) is 4.90 Å². The van der Waals surface area contributed by atoms with Crippen LogP contribution in [-0.2, 0) is 0 Å². The van der Waals surface area contributed by atoms with Crippen molar-refractivity contribution in [1.29, 1.82) is 0 Å². The highest BCUT2D eigenvalue weighted by atomic mass is 16.5. The summed E-state index contributed by atoms with van der Waals surface area (Å²) in [5, 5.41) is 0. The van der Waals surface area contributed by atoms with E-state index < -0.39 is 0 Å². The smallest absolute Gasteiger partial charge is 0.119 e. The lowest BCUT2D eigenvalue weighted by molar-refractivity contribution is 0.143. The molecule has 3 nitrogen and oxygen atoms in total. The molecule has 20 heavy (non-hydrogen) atoms. The quantitative estimate of drug-likeness (QED) is 0.897. The summed E-state index contributed by atoms with van der Waals surface area (Å²) >= 11 is 0. The average Bonchev–Trinajstić information content (AvgIpc) is 2.47. The third kappa shape index (κ3) is 3.97. The number of hydrogen-bond acceptors (Lipinski definition) is 3. The summed E-state index contributed by atoms with van der Waals surface area (Å²) in [6, 6.07) is 9.02. The molecule has 0 aliphatic carbocycles. The fraction of sp³-hybridized carbons (Fsp3) is 0.647. The van der Waals surface area contributed by atoms with Gasteiger partial charge in [-0.05, 0) is 76.9 Å². The van der Waals surface area contributed by atoms with Gasteiger partial charge in [-0.3, -0.25) is 4.90 Å². The molecule has 0 bridgehead atoms. The molecule has 0 radical (unpaired) electrons. The molecule has 1 aliphatic heterocycles. The second-order valence-electron chi connectivity index (χ2n) is 6.13. The molecule has 0 spiro atoms. The van der Waals surface area contributed by atoms with Crippen LogP contribution in [0, 0.1) is 5.92 Å². The average molecular weight is 276 g/mol. The standard InChI is InChI=1S/C17H28N2O/c1-13(2)20-17-6-4-16(5-7-17)14(3)19-10-8-15(12-18)9-11-19/h4-7,13-15H,8-12,18H2,1-3H3. The van der Waals surface area contributed by atoms with Gasteiger partial charge < -0.3 is 10.5 Å². The van der Waals surface area contributed by atoms with Gasteiger partial charge >= 0.3 is 0 Å². The largest absolute Gasteiger partial charge is 0.491 e. The molecule has 1 saturated heterocycles. The topological polar surface area (TPSA) is 38.5 Å². The number of rotatable bonds is 5. The molecule has 0 saturated carbocycles. The van der Waals surface area contributed by atoms with Gasteiger partial charge in [0.15, 0.2) is 0 Å². The highest BCUT2D eigenvalue weighted by Gasteiger charge is 2.22. The second kappa shape index (κ2) is 7.09. The summed E-state index contributed by atoms with van der Waals surface area (Å²) in [5.74, 6) is 1.68. The molecule has 3 heteroatoms. The van der Waals surface area contributed by atoms with Crippen molar-refractivity contribution in [3.05, 3.63) is 29.8 Å². The molecule has 0 amide bonds. The summed E-state index contributed by atoms with van der Waals surface area (Å²) in [4.78, 5) is 2.56. The normalized spacial score (nSPS) is 19.2. The van der Waals surface area contributed by atoms with Crippen molar-refractivity contribution in [3.63, 3.8) is 0 Å². The lowest BCUT2D eigenvalue weighted by atomic mass is 9.95. The Kier molecular flexibility index (Phi) is 5.44. The maximum absolute atomic E-state index is 5.76. The number of likely N-dealkylation sites (tertiary alicyclic amines) is 1. The molecule has 112 valence electrons. The van der Waals surface area contributed by atoms with E-state index in [9.17, 15) is 0 Å². The van der Waals surface area contributed by atoms with E-state index in [-0.39, 0.29) is 6.10 Å². The van der Waals surface area contributed by atoms with Crippen LogP contribution in [0.5, 0.6) is 5.75 Å². The van der Waals surface area contributed by atoms with Gasteiger partial charge in [-0.25, -0.2) is 0 Å². The van der Waals surface area contributed by atoms with E-state index in [0.29, 0.717) is 6.04 Å². The zero-order chi connectivity index (χ0) is 14.5. The first-order valence-electron chi connectivity index (χ1n) is 7.81. The van der Waals surface area contributed by atoms with Gasteiger partial charge in [0.05, 0.1) is 6.10 Å². The van der Waals surface area contributed by atoms with Gasteiger partial charge in [0.25, 0.3) is 0 Å². The van der Waals surface area contributed by atoms with Crippen molar-refractivity contribution in [2.24, 2.45) is 11.7 Å². The van der Waals surface area contributed by atoms with Crippen molar-refractivity contribution < 1.29 is 4.74 Å². The maximum Gasteiger partial charge on any atom is 0.119 e. The highest BCUT2D eigenvalue weighted by Crippen LogP contribution is 2.27. The molecule has 2 N–H and O–H groups in total. The SMILES string of the molecule is CC(C)Oc1ccc(C(C)N2CCC(CN)CC2)cc1. The van der Waals surface area contributed by atoms with Crippen LogP contribution < -0.4 is 10.5 Å². The van der Waals surface area contributed by atoms with Crippen LogP contribution in [-0.4, -0.2) is 30.6 Å². The molecule has 1 aromatic rings. The summed E-state index contributed by atoms with van der Waals surface area (Å²) in [6.07, 6.45) is 2.69. The summed E-state index contributed by atoms with van der Waals surface area (Å²) < 4.78 is 5.70. The van der Waals surface area contributed by atoms with Crippen LogP contribution in [0.25, 0.3) is 0 Å². The van der Waals surface area contributed by atoms with Crippen molar-refractivity contribution >= 4 is 0 Å². The van der Waals surface area contributed by atoms with E-state index >= 15 is 0 Å². The van der Waals surface area contributed by atoms with Gasteiger partial charge in [0, 0.05) is 6.04 Å². The minimum absolute atomic E-state index is 0.230. The Morgan fingerprint density at radius 2 is 1.75 bits per heavy atom. The lowest BCUT2D eigenvalue weighted by Gasteiger charge is -2.36. The maximum atomic E-state index is 5.76. The highest BCUT2D eigenvalue weighted by molar-refractivity contribution is 5.29. The summed E-state index contributed by atoms with van der Waals surface area (Å²) in [6.45, 7) is 9.56. The Bertz CT molecular complexity index is 394. The Labute approximate surface area is 123 Å². The molecule has 1 atom stereocenters. The van der Waals surface area contributed by atoms with E-state index in [0.717, 1.165) is 31.3 Å². The zero-order valence-corrected chi connectivity index (χ0v) is 13.0. The lowest BCUT2D eigenvalue weighted by Crippen LogP contribution is -2.37. The number of nitrogens with zero attached hydrogens (tertiary/aromatic N) is 1. The molecule has 1 fully saturated rings. The first-order valence-corrected chi connectivity index (χ1v) is 7.81. The van der Waals surface area contributed by atoms with Gasteiger partial charge in [0.2, 0.25) is 0 Å². The van der Waals surface area contributed by atoms with Gasteiger partial charge in [-0.15, -0.1) is 0 Å². The summed E-state index contributed by atoms with van der Waals surface area (Å²) in [5.41, 5.74) is 7.13. The Balaban J connectivity index is 1.94. The minimum Gasteiger partial charge on any atom is -0.491 e. The fourth-order valence-corrected chi connectivity index (χ4v) is 2.88. The monoisotopic (exact) mass is 276 g/mol. The number of benzene rings is 1. The molecule has 1 heterocycles. The molecule has 1 unspecified atom stereocenters. The van der Waals surface area contributed by atoms with Crippen LogP contribution in [0.2, 0.25) is 0 Å². The van der Waals surface area contributed by atoms with Crippen LogP contribution in [0.1, 0.15) is 45.2 Å². The van der Waals surface area contributed by atoms with E-state index in [1.54, 1.807) is 0 Å². The van der Waals surface area contributed by atoms with Crippen molar-refractivity contribution in [3.8, 4) is 5.75 Å². The van der Waals surface area contributed by atoms with E-state index in [2.05, 4.69) is 49.9 Å². The molecular weight excluding hydrogens is 248 g/mol. The van der Waals surface area contributed by atoms with Crippen LogP contribution in [0.4, 0.5) is 0 Å². The first-order chi connectivity index (χ1) is 9.60. The second-order valence-corrected chi connectivity index (χ2v) is 6.13. The Morgan fingerprint density at radius 3 is 2.25 bits per heavy atom. The predicted octanol–water partition coefficient (Wildman–Crippen LogP) is 3.21. The number of ether oxygens (including phenoxy) is 1. The fourth-order valence-electron chi connectivity index (χ4n) is 2.88. The van der Waals surface area contributed by atoms with Crippen molar-refractivity contribution in [2.75, 3.05) is 19.6 Å². The van der Waals surface area contributed by atoms with Crippen LogP contribution in [0.3, 0.4) is 0 Å². The van der Waals surface area contributed by atoms with Crippen molar-refractivity contribution in [2.45, 2.75) is 45.8 Å².